The predicted octanol–water partition coefficient (Wildman–Crippen LogP) is 2.05. The summed E-state index contributed by atoms with van der Waals surface area (Å²) in [5.74, 6) is 0.0540. The molecule has 4 heteroatoms. The van der Waals surface area contributed by atoms with Gasteiger partial charge < -0.3 is 15.0 Å². The number of aliphatic hydroxyl groups is 1. The minimum absolute atomic E-state index is 0.0134. The summed E-state index contributed by atoms with van der Waals surface area (Å²) in [6.07, 6.45) is 2.41. The van der Waals surface area contributed by atoms with Crippen LogP contribution < -0.4 is 5.32 Å². The Labute approximate surface area is 113 Å². The quantitative estimate of drug-likeness (QED) is 0.864. The molecule has 0 radical (unpaired) electrons. The monoisotopic (exact) mass is 260 g/mol. The molecule has 0 saturated carbocycles. The molecule has 2 rings (SSSR count). The van der Waals surface area contributed by atoms with Gasteiger partial charge in [-0.25, -0.2) is 0 Å². The summed E-state index contributed by atoms with van der Waals surface area (Å²) in [6, 6.07) is 8.03. The summed E-state index contributed by atoms with van der Waals surface area (Å²) < 4.78 is 2.03. The van der Waals surface area contributed by atoms with Crippen LogP contribution in [0.5, 0.6) is 0 Å². The molecule has 2 aromatic rings. The summed E-state index contributed by atoms with van der Waals surface area (Å²) >= 11 is 0. The number of para-hydroxylation sites is 1. The minimum atomic E-state index is 0.0134. The first-order valence-electron chi connectivity index (χ1n) is 6.58. The SMILES string of the molecule is CC(C)NC(=O)CCn1ccc2cccc(CO)c21. The molecule has 102 valence electrons. The number of hydrogen-bond acceptors (Lipinski definition) is 2. The Morgan fingerprint density at radius 1 is 1.37 bits per heavy atom. The van der Waals surface area contributed by atoms with Crippen LogP contribution in [0.3, 0.4) is 0 Å². The average Bonchev–Trinajstić information content (AvgIpc) is 2.78. The van der Waals surface area contributed by atoms with Crippen LogP contribution in [0.4, 0.5) is 0 Å². The van der Waals surface area contributed by atoms with Crippen molar-refractivity contribution in [2.24, 2.45) is 0 Å². The maximum absolute atomic E-state index is 11.7. The van der Waals surface area contributed by atoms with E-state index in [0.717, 1.165) is 16.5 Å². The van der Waals surface area contributed by atoms with Crippen LogP contribution in [0.15, 0.2) is 30.5 Å². The Balaban J connectivity index is 2.15. The number of aliphatic hydroxyl groups excluding tert-OH is 1. The van der Waals surface area contributed by atoms with Gasteiger partial charge in [0.25, 0.3) is 0 Å². The molecule has 1 aromatic heterocycles. The molecule has 0 atom stereocenters. The van der Waals surface area contributed by atoms with Gasteiger partial charge in [-0.3, -0.25) is 4.79 Å². The molecule has 0 unspecified atom stereocenters. The van der Waals surface area contributed by atoms with Gasteiger partial charge in [-0.15, -0.1) is 0 Å². The van der Waals surface area contributed by atoms with Gasteiger partial charge in [0.05, 0.1) is 12.1 Å². The molecule has 0 bridgehead atoms. The molecule has 19 heavy (non-hydrogen) atoms. The Morgan fingerprint density at radius 3 is 2.84 bits per heavy atom. The molecule has 0 aliphatic carbocycles. The number of carbonyl (C=O) groups excluding carboxylic acids is 1. The normalized spacial score (nSPS) is 11.2. The second-order valence-electron chi connectivity index (χ2n) is 4.99. The number of carbonyl (C=O) groups is 1. The molecular weight excluding hydrogens is 240 g/mol. The van der Waals surface area contributed by atoms with Gasteiger partial charge in [0, 0.05) is 30.8 Å². The predicted molar refractivity (Wildman–Crippen MR) is 75.8 cm³/mol. The Bertz CT molecular complexity index is 573. The van der Waals surface area contributed by atoms with E-state index in [9.17, 15) is 9.90 Å². The van der Waals surface area contributed by atoms with Crippen molar-refractivity contribution in [3.8, 4) is 0 Å². The fourth-order valence-electron chi connectivity index (χ4n) is 2.27. The van der Waals surface area contributed by atoms with Crippen LogP contribution in [-0.4, -0.2) is 21.6 Å². The second-order valence-corrected chi connectivity index (χ2v) is 4.99. The molecule has 4 nitrogen and oxygen atoms in total. The molecule has 0 aliphatic rings. The lowest BCUT2D eigenvalue weighted by molar-refractivity contribution is -0.121. The highest BCUT2D eigenvalue weighted by atomic mass is 16.3. The molecule has 1 heterocycles. The van der Waals surface area contributed by atoms with Crippen molar-refractivity contribution in [1.29, 1.82) is 0 Å². The van der Waals surface area contributed by atoms with Crippen LogP contribution in [0.2, 0.25) is 0 Å². The van der Waals surface area contributed by atoms with E-state index >= 15 is 0 Å². The third kappa shape index (κ3) is 3.15. The number of nitrogens with one attached hydrogen (secondary N) is 1. The number of rotatable bonds is 5. The number of aryl methyl sites for hydroxylation is 1. The van der Waals surface area contributed by atoms with Crippen molar-refractivity contribution in [3.63, 3.8) is 0 Å². The van der Waals surface area contributed by atoms with E-state index in [2.05, 4.69) is 5.32 Å². The van der Waals surface area contributed by atoms with Gasteiger partial charge in [-0.05, 0) is 25.3 Å². The largest absolute Gasteiger partial charge is 0.392 e. The standard InChI is InChI=1S/C15H20N2O2/c1-11(2)16-14(19)7-9-17-8-6-12-4-3-5-13(10-18)15(12)17/h3-6,8,11,18H,7,9-10H2,1-2H3,(H,16,19). The Kier molecular flexibility index (Phi) is 4.22. The maximum atomic E-state index is 11.7. The lowest BCUT2D eigenvalue weighted by Crippen LogP contribution is -2.30. The van der Waals surface area contributed by atoms with Gasteiger partial charge in [-0.2, -0.15) is 0 Å². The van der Waals surface area contributed by atoms with Crippen molar-refractivity contribution in [2.45, 2.75) is 39.5 Å². The first kappa shape index (κ1) is 13.6. The van der Waals surface area contributed by atoms with E-state index in [1.807, 2.05) is 48.9 Å². The van der Waals surface area contributed by atoms with E-state index in [0.29, 0.717) is 13.0 Å². The third-order valence-electron chi connectivity index (χ3n) is 3.07. The van der Waals surface area contributed by atoms with E-state index < -0.39 is 0 Å². The molecular formula is C15H20N2O2. The summed E-state index contributed by atoms with van der Waals surface area (Å²) in [6.45, 7) is 4.54. The fourth-order valence-corrected chi connectivity index (χ4v) is 2.27. The van der Waals surface area contributed by atoms with Crippen molar-refractivity contribution in [2.75, 3.05) is 0 Å². The van der Waals surface area contributed by atoms with Crippen molar-refractivity contribution in [1.82, 2.24) is 9.88 Å². The van der Waals surface area contributed by atoms with Gasteiger partial charge in [-0.1, -0.05) is 18.2 Å². The van der Waals surface area contributed by atoms with Crippen molar-refractivity contribution < 1.29 is 9.90 Å². The summed E-state index contributed by atoms with van der Waals surface area (Å²) in [5, 5.41) is 13.4. The highest BCUT2D eigenvalue weighted by Gasteiger charge is 2.08. The number of nitrogens with zero attached hydrogens (tertiary/aromatic N) is 1. The zero-order chi connectivity index (χ0) is 13.8. The van der Waals surface area contributed by atoms with Crippen molar-refractivity contribution in [3.05, 3.63) is 36.0 Å². The highest BCUT2D eigenvalue weighted by Crippen LogP contribution is 2.20. The first-order valence-corrected chi connectivity index (χ1v) is 6.58. The van der Waals surface area contributed by atoms with Crippen LogP contribution in [0, 0.1) is 0 Å². The zero-order valence-corrected chi connectivity index (χ0v) is 11.4. The highest BCUT2D eigenvalue weighted by molar-refractivity contribution is 5.83. The van der Waals surface area contributed by atoms with Gasteiger partial charge in [0.1, 0.15) is 0 Å². The van der Waals surface area contributed by atoms with Crippen molar-refractivity contribution >= 4 is 16.8 Å². The number of hydrogen-bond donors (Lipinski definition) is 2. The lowest BCUT2D eigenvalue weighted by atomic mass is 10.1. The van der Waals surface area contributed by atoms with Crippen LogP contribution in [-0.2, 0) is 17.9 Å². The second kappa shape index (κ2) is 5.89. The minimum Gasteiger partial charge on any atom is -0.392 e. The summed E-state index contributed by atoms with van der Waals surface area (Å²) in [7, 11) is 0. The number of fused-ring (bicyclic) bond motifs is 1. The zero-order valence-electron chi connectivity index (χ0n) is 11.4. The van der Waals surface area contributed by atoms with Gasteiger partial charge >= 0.3 is 0 Å². The third-order valence-corrected chi connectivity index (χ3v) is 3.07. The molecule has 0 spiro atoms. The van der Waals surface area contributed by atoms with Crippen LogP contribution in [0.25, 0.3) is 10.9 Å². The lowest BCUT2D eigenvalue weighted by Gasteiger charge is -2.10. The molecule has 0 aliphatic heterocycles. The molecule has 1 amide bonds. The number of aromatic nitrogens is 1. The van der Waals surface area contributed by atoms with Gasteiger partial charge in [0.2, 0.25) is 5.91 Å². The van der Waals surface area contributed by atoms with E-state index in [-0.39, 0.29) is 18.6 Å². The van der Waals surface area contributed by atoms with E-state index in [1.165, 1.54) is 0 Å². The van der Waals surface area contributed by atoms with E-state index in [4.69, 9.17) is 0 Å². The Hall–Kier alpha value is -1.81. The average molecular weight is 260 g/mol. The molecule has 1 aromatic carbocycles. The summed E-state index contributed by atoms with van der Waals surface area (Å²) in [4.78, 5) is 11.7. The Morgan fingerprint density at radius 2 is 2.16 bits per heavy atom. The summed E-state index contributed by atoms with van der Waals surface area (Å²) in [5.41, 5.74) is 1.91. The topological polar surface area (TPSA) is 54.3 Å². The van der Waals surface area contributed by atoms with Gasteiger partial charge in [0.15, 0.2) is 0 Å². The fraction of sp³-hybridized carbons (Fsp3) is 0.400. The number of amides is 1. The van der Waals surface area contributed by atoms with Crippen LogP contribution >= 0.6 is 0 Å². The molecule has 0 fully saturated rings. The number of benzene rings is 1. The maximum Gasteiger partial charge on any atom is 0.221 e. The molecule has 0 saturated heterocycles. The van der Waals surface area contributed by atoms with E-state index in [1.54, 1.807) is 0 Å². The molecule has 2 N–H and O–H groups in total. The smallest absolute Gasteiger partial charge is 0.221 e. The van der Waals surface area contributed by atoms with Crippen LogP contribution in [0.1, 0.15) is 25.8 Å². The first-order chi connectivity index (χ1) is 9.11.